The van der Waals surface area contributed by atoms with Gasteiger partial charge in [-0.2, -0.15) is 0 Å². The van der Waals surface area contributed by atoms with E-state index >= 15 is 0 Å². The quantitative estimate of drug-likeness (QED) is 0.578. The minimum atomic E-state index is -1.83. The molecule has 2 aromatic rings. The monoisotopic (exact) mass is 246 g/mol. The fourth-order valence-electron chi connectivity index (χ4n) is 1.45. The number of anilines is 2. The van der Waals surface area contributed by atoms with E-state index in [1.807, 2.05) is 48.5 Å². The zero-order valence-corrected chi connectivity index (χ0v) is 9.58. The van der Waals surface area contributed by atoms with E-state index in [-0.39, 0.29) is 0 Å². The SMILES string of the molecule is Nc1cccc(-c2ccccc2)c1N.O=C(O)O. The minimum absolute atomic E-state index is 0.631. The number of hydrogen-bond donors (Lipinski definition) is 4. The van der Waals surface area contributed by atoms with Crippen LogP contribution in [0.25, 0.3) is 11.1 Å². The van der Waals surface area contributed by atoms with Gasteiger partial charge < -0.3 is 21.7 Å². The molecular weight excluding hydrogens is 232 g/mol. The number of nitrogens with two attached hydrogens (primary N) is 2. The van der Waals surface area contributed by atoms with Crippen LogP contribution in [0.1, 0.15) is 0 Å². The molecule has 0 fully saturated rings. The molecule has 0 unspecified atom stereocenters. The van der Waals surface area contributed by atoms with E-state index in [9.17, 15) is 0 Å². The highest BCUT2D eigenvalue weighted by molar-refractivity contribution is 5.84. The Kier molecular flexibility index (Phi) is 4.57. The van der Waals surface area contributed by atoms with E-state index in [1.165, 1.54) is 0 Å². The van der Waals surface area contributed by atoms with Gasteiger partial charge in [0.1, 0.15) is 0 Å². The number of rotatable bonds is 1. The van der Waals surface area contributed by atoms with Crippen LogP contribution in [0, 0.1) is 0 Å². The predicted molar refractivity (Wildman–Crippen MR) is 71.4 cm³/mol. The van der Waals surface area contributed by atoms with Crippen molar-refractivity contribution in [1.29, 1.82) is 0 Å². The Morgan fingerprint density at radius 2 is 1.44 bits per heavy atom. The van der Waals surface area contributed by atoms with Crippen molar-refractivity contribution in [3.05, 3.63) is 48.5 Å². The average Bonchev–Trinajstić information content (AvgIpc) is 2.33. The van der Waals surface area contributed by atoms with Crippen molar-refractivity contribution in [3.63, 3.8) is 0 Å². The van der Waals surface area contributed by atoms with Crippen LogP contribution in [0.2, 0.25) is 0 Å². The van der Waals surface area contributed by atoms with E-state index in [0.717, 1.165) is 11.1 Å². The van der Waals surface area contributed by atoms with Crippen LogP contribution in [0.3, 0.4) is 0 Å². The molecule has 0 aliphatic carbocycles. The molecule has 0 heterocycles. The molecule has 18 heavy (non-hydrogen) atoms. The molecule has 94 valence electrons. The molecular formula is C13H14N2O3. The summed E-state index contributed by atoms with van der Waals surface area (Å²) in [5.74, 6) is 0. The zero-order chi connectivity index (χ0) is 13.5. The highest BCUT2D eigenvalue weighted by Gasteiger charge is 2.03. The second-order valence-electron chi connectivity index (χ2n) is 3.46. The molecule has 0 aliphatic heterocycles. The molecule has 0 amide bonds. The van der Waals surface area contributed by atoms with Crippen molar-refractivity contribution in [2.24, 2.45) is 0 Å². The molecule has 0 radical (unpaired) electrons. The maximum Gasteiger partial charge on any atom is 0.503 e. The average molecular weight is 246 g/mol. The van der Waals surface area contributed by atoms with Crippen molar-refractivity contribution in [2.45, 2.75) is 0 Å². The molecule has 0 saturated carbocycles. The Morgan fingerprint density at radius 1 is 0.889 bits per heavy atom. The summed E-state index contributed by atoms with van der Waals surface area (Å²) in [5.41, 5.74) is 15.0. The van der Waals surface area contributed by atoms with Gasteiger partial charge in [-0.15, -0.1) is 0 Å². The third-order valence-electron chi connectivity index (χ3n) is 2.22. The maximum absolute atomic E-state index is 8.56. The van der Waals surface area contributed by atoms with Crippen molar-refractivity contribution in [2.75, 3.05) is 11.5 Å². The number of carbonyl (C=O) groups is 1. The second-order valence-corrected chi connectivity index (χ2v) is 3.46. The molecule has 5 nitrogen and oxygen atoms in total. The normalized spacial score (nSPS) is 9.11. The second kappa shape index (κ2) is 6.15. The van der Waals surface area contributed by atoms with Crippen LogP contribution in [-0.2, 0) is 0 Å². The first kappa shape index (κ1) is 13.4. The standard InChI is InChI=1S/C12H12N2.CH2O3/c13-11-8-4-7-10(12(11)14)9-5-2-1-3-6-9;2-1(3)4/h1-8H,13-14H2;(H2,2,3,4). The molecule has 2 aromatic carbocycles. The van der Waals surface area contributed by atoms with Gasteiger partial charge in [-0.3, -0.25) is 0 Å². The van der Waals surface area contributed by atoms with Gasteiger partial charge in [0.15, 0.2) is 0 Å². The summed E-state index contributed by atoms with van der Waals surface area (Å²) in [6, 6.07) is 15.7. The number of benzene rings is 2. The first-order valence-electron chi connectivity index (χ1n) is 5.13. The predicted octanol–water partition coefficient (Wildman–Crippen LogP) is 2.74. The molecule has 0 spiro atoms. The maximum atomic E-state index is 8.56. The molecule has 5 heteroatoms. The Balaban J connectivity index is 0.000000357. The molecule has 0 saturated heterocycles. The van der Waals surface area contributed by atoms with Gasteiger partial charge in [-0.25, -0.2) is 4.79 Å². The van der Waals surface area contributed by atoms with Crippen LogP contribution in [0.4, 0.5) is 16.2 Å². The third kappa shape index (κ3) is 3.71. The summed E-state index contributed by atoms with van der Waals surface area (Å²) in [7, 11) is 0. The van der Waals surface area contributed by atoms with Gasteiger partial charge >= 0.3 is 6.16 Å². The Labute approximate surface area is 104 Å². The molecule has 0 bridgehead atoms. The van der Waals surface area contributed by atoms with Crippen LogP contribution >= 0.6 is 0 Å². The van der Waals surface area contributed by atoms with Crippen molar-refractivity contribution in [3.8, 4) is 11.1 Å². The fourth-order valence-corrected chi connectivity index (χ4v) is 1.45. The fraction of sp³-hybridized carbons (Fsp3) is 0. The van der Waals surface area contributed by atoms with Gasteiger partial charge in [0.2, 0.25) is 0 Å². The third-order valence-corrected chi connectivity index (χ3v) is 2.22. The first-order valence-corrected chi connectivity index (χ1v) is 5.13. The van der Waals surface area contributed by atoms with E-state index in [1.54, 1.807) is 0 Å². The molecule has 6 N–H and O–H groups in total. The van der Waals surface area contributed by atoms with Gasteiger partial charge in [-0.05, 0) is 11.6 Å². The molecule has 0 atom stereocenters. The summed E-state index contributed by atoms with van der Waals surface area (Å²) in [6.07, 6.45) is -1.83. The number of nitrogen functional groups attached to an aromatic ring is 2. The minimum Gasteiger partial charge on any atom is -0.450 e. The summed E-state index contributed by atoms with van der Waals surface area (Å²) in [4.78, 5) is 8.56. The number of hydrogen-bond acceptors (Lipinski definition) is 3. The van der Waals surface area contributed by atoms with Crippen molar-refractivity contribution in [1.82, 2.24) is 0 Å². The smallest absolute Gasteiger partial charge is 0.450 e. The lowest BCUT2D eigenvalue weighted by molar-refractivity contribution is 0.137. The first-order chi connectivity index (χ1) is 8.52. The van der Waals surface area contributed by atoms with Gasteiger partial charge in [0.05, 0.1) is 11.4 Å². The van der Waals surface area contributed by atoms with Crippen molar-refractivity contribution < 1.29 is 15.0 Å². The topological polar surface area (TPSA) is 110 Å². The van der Waals surface area contributed by atoms with Crippen LogP contribution < -0.4 is 11.5 Å². The van der Waals surface area contributed by atoms with Crippen LogP contribution in [0.5, 0.6) is 0 Å². The van der Waals surface area contributed by atoms with E-state index < -0.39 is 6.16 Å². The number of carboxylic acid groups (broad SMARTS) is 2. The largest absolute Gasteiger partial charge is 0.503 e. The lowest BCUT2D eigenvalue weighted by Gasteiger charge is -2.07. The highest BCUT2D eigenvalue weighted by Crippen LogP contribution is 2.29. The van der Waals surface area contributed by atoms with Gasteiger partial charge in [0, 0.05) is 5.56 Å². The van der Waals surface area contributed by atoms with E-state index in [0.29, 0.717) is 11.4 Å². The van der Waals surface area contributed by atoms with Crippen molar-refractivity contribution >= 4 is 17.5 Å². The highest BCUT2D eigenvalue weighted by atomic mass is 16.6. The lowest BCUT2D eigenvalue weighted by Crippen LogP contribution is -1.96. The van der Waals surface area contributed by atoms with Gasteiger partial charge in [0.25, 0.3) is 0 Å². The summed E-state index contributed by atoms with van der Waals surface area (Å²) >= 11 is 0. The zero-order valence-electron chi connectivity index (χ0n) is 9.58. The lowest BCUT2D eigenvalue weighted by atomic mass is 10.0. The molecule has 0 aliphatic rings. The Bertz CT molecular complexity index is 523. The van der Waals surface area contributed by atoms with E-state index in [2.05, 4.69) is 0 Å². The Hall–Kier alpha value is -2.69. The summed E-state index contributed by atoms with van der Waals surface area (Å²) < 4.78 is 0. The Morgan fingerprint density at radius 3 is 2.00 bits per heavy atom. The van der Waals surface area contributed by atoms with Gasteiger partial charge in [-0.1, -0.05) is 42.5 Å². The molecule has 2 rings (SSSR count). The summed E-state index contributed by atoms with van der Waals surface area (Å²) in [5, 5.41) is 13.9. The summed E-state index contributed by atoms with van der Waals surface area (Å²) in [6.45, 7) is 0. The number of para-hydroxylation sites is 1. The van der Waals surface area contributed by atoms with E-state index in [4.69, 9.17) is 26.5 Å². The van der Waals surface area contributed by atoms with Crippen LogP contribution in [0.15, 0.2) is 48.5 Å². The van der Waals surface area contributed by atoms with Crippen LogP contribution in [-0.4, -0.2) is 16.4 Å². The molecule has 0 aromatic heterocycles.